The summed E-state index contributed by atoms with van der Waals surface area (Å²) in [6, 6.07) is 9.80. The number of hydrogen-bond acceptors (Lipinski definition) is 9. The second-order valence-electron chi connectivity index (χ2n) is 9.90. The SMILES string of the molecule is Cn1nc(C2CCC(=O)NC2=O)c2cccc(N3CC(N4CCN(c5ccc([N+](=O)[O-])nc5)CC4)C3)c21. The van der Waals surface area contributed by atoms with Crippen molar-refractivity contribution >= 4 is 39.9 Å². The average molecular weight is 505 g/mol. The van der Waals surface area contributed by atoms with Crippen LogP contribution in [0.15, 0.2) is 36.5 Å². The molecule has 0 radical (unpaired) electrons. The fourth-order valence-electron chi connectivity index (χ4n) is 5.71. The number of piperazine rings is 1. The number of aryl methyl sites for hydroxylation is 1. The third-order valence-corrected chi connectivity index (χ3v) is 7.76. The second-order valence-corrected chi connectivity index (χ2v) is 9.90. The lowest BCUT2D eigenvalue weighted by molar-refractivity contribution is -0.389. The lowest BCUT2D eigenvalue weighted by Crippen LogP contribution is -2.63. The molecule has 1 atom stereocenters. The Morgan fingerprint density at radius 1 is 1.05 bits per heavy atom. The second kappa shape index (κ2) is 9.11. The molecule has 3 aromatic rings. The molecule has 6 rings (SSSR count). The van der Waals surface area contributed by atoms with E-state index in [0.29, 0.717) is 18.9 Å². The van der Waals surface area contributed by atoms with Gasteiger partial charge in [-0.3, -0.25) is 24.5 Å². The van der Waals surface area contributed by atoms with Crippen molar-refractivity contribution < 1.29 is 14.5 Å². The smallest absolute Gasteiger partial charge is 0.363 e. The van der Waals surface area contributed by atoms with E-state index in [1.807, 2.05) is 23.9 Å². The fourth-order valence-corrected chi connectivity index (χ4v) is 5.71. The van der Waals surface area contributed by atoms with Crippen LogP contribution in [0.2, 0.25) is 0 Å². The molecular weight excluding hydrogens is 476 g/mol. The summed E-state index contributed by atoms with van der Waals surface area (Å²) < 4.78 is 1.86. The van der Waals surface area contributed by atoms with Crippen molar-refractivity contribution in [3.05, 3.63) is 52.3 Å². The summed E-state index contributed by atoms with van der Waals surface area (Å²) in [5, 5.41) is 19.0. The van der Waals surface area contributed by atoms with E-state index < -0.39 is 10.8 Å². The first-order chi connectivity index (χ1) is 17.9. The number of imide groups is 1. The summed E-state index contributed by atoms with van der Waals surface area (Å²) in [4.78, 5) is 45.5. The van der Waals surface area contributed by atoms with Gasteiger partial charge in [0, 0.05) is 70.2 Å². The standard InChI is InChI=1S/C25H28N8O4/c1-29-24-18(23(28-29)19-6-8-22(34)27-25(19)35)3-2-4-20(24)32-14-17(15-32)31-11-9-30(10-12-31)16-5-7-21(26-13-16)33(36)37/h2-5,7,13,17,19H,6,8-12,14-15H2,1H3,(H,27,34,35). The Balaban J connectivity index is 1.11. The van der Waals surface area contributed by atoms with Gasteiger partial charge in [0.15, 0.2) is 6.20 Å². The Morgan fingerprint density at radius 3 is 2.51 bits per heavy atom. The van der Waals surface area contributed by atoms with Crippen LogP contribution in [0.4, 0.5) is 17.2 Å². The zero-order valence-electron chi connectivity index (χ0n) is 20.5. The number of pyridine rings is 1. The van der Waals surface area contributed by atoms with E-state index in [2.05, 4.69) is 31.1 Å². The molecule has 192 valence electrons. The number of carbonyl (C=O) groups is 2. The summed E-state index contributed by atoms with van der Waals surface area (Å²) in [7, 11) is 1.91. The number of rotatable bonds is 5. The van der Waals surface area contributed by atoms with E-state index >= 15 is 0 Å². The van der Waals surface area contributed by atoms with Gasteiger partial charge in [-0.05, 0) is 28.5 Å². The fraction of sp³-hybridized carbons (Fsp3) is 0.440. The highest BCUT2D eigenvalue weighted by Gasteiger charge is 2.36. The van der Waals surface area contributed by atoms with E-state index in [0.717, 1.165) is 67.2 Å². The van der Waals surface area contributed by atoms with Crippen molar-refractivity contribution in [2.75, 3.05) is 49.1 Å². The van der Waals surface area contributed by atoms with Gasteiger partial charge < -0.3 is 19.9 Å². The maximum atomic E-state index is 12.5. The third-order valence-electron chi connectivity index (χ3n) is 7.76. The highest BCUT2D eigenvalue weighted by atomic mass is 16.6. The van der Waals surface area contributed by atoms with E-state index in [-0.39, 0.29) is 17.6 Å². The molecule has 12 heteroatoms. The minimum atomic E-state index is -0.480. The first-order valence-electron chi connectivity index (χ1n) is 12.5. The van der Waals surface area contributed by atoms with Crippen molar-refractivity contribution in [3.8, 4) is 0 Å². The van der Waals surface area contributed by atoms with Crippen molar-refractivity contribution in [2.24, 2.45) is 7.05 Å². The molecule has 3 fully saturated rings. The average Bonchev–Trinajstić information content (AvgIpc) is 3.20. The molecule has 2 aromatic heterocycles. The maximum Gasteiger partial charge on any atom is 0.363 e. The van der Waals surface area contributed by atoms with Crippen molar-refractivity contribution in [3.63, 3.8) is 0 Å². The number of nitrogens with one attached hydrogen (secondary N) is 1. The Hall–Kier alpha value is -4.06. The quantitative estimate of drug-likeness (QED) is 0.311. The van der Waals surface area contributed by atoms with Crippen LogP contribution in [-0.4, -0.2) is 81.7 Å². The minimum absolute atomic E-state index is 0.135. The molecule has 2 amide bonds. The summed E-state index contributed by atoms with van der Waals surface area (Å²) >= 11 is 0. The molecule has 37 heavy (non-hydrogen) atoms. The molecule has 3 aliphatic heterocycles. The van der Waals surface area contributed by atoms with E-state index in [1.54, 1.807) is 12.3 Å². The maximum absolute atomic E-state index is 12.5. The summed E-state index contributed by atoms with van der Waals surface area (Å²) in [6.45, 7) is 5.37. The molecule has 1 unspecified atom stereocenters. The normalized spacial score (nSPS) is 21.3. The van der Waals surface area contributed by atoms with Crippen LogP contribution in [0.5, 0.6) is 0 Å². The van der Waals surface area contributed by atoms with Gasteiger partial charge in [0.25, 0.3) is 0 Å². The van der Waals surface area contributed by atoms with Crippen LogP contribution in [0.1, 0.15) is 24.5 Å². The number of fused-ring (bicyclic) bond motifs is 1. The number of nitrogens with zero attached hydrogens (tertiary/aromatic N) is 7. The third kappa shape index (κ3) is 4.16. The lowest BCUT2D eigenvalue weighted by Gasteiger charge is -2.49. The Labute approximate surface area is 213 Å². The highest BCUT2D eigenvalue weighted by Crippen LogP contribution is 2.36. The zero-order valence-corrected chi connectivity index (χ0v) is 20.5. The molecule has 5 heterocycles. The van der Waals surface area contributed by atoms with Gasteiger partial charge in [-0.25, -0.2) is 0 Å². The monoisotopic (exact) mass is 504 g/mol. The zero-order chi connectivity index (χ0) is 25.7. The van der Waals surface area contributed by atoms with Gasteiger partial charge in [0.2, 0.25) is 11.8 Å². The summed E-state index contributed by atoms with van der Waals surface area (Å²) in [6.07, 6.45) is 2.39. The van der Waals surface area contributed by atoms with Crippen molar-refractivity contribution in [1.82, 2.24) is 25.0 Å². The molecule has 1 N–H and O–H groups in total. The molecule has 0 spiro atoms. The van der Waals surface area contributed by atoms with Gasteiger partial charge in [0.05, 0.1) is 28.5 Å². The summed E-state index contributed by atoms with van der Waals surface area (Å²) in [5.74, 6) is -1.04. The molecule has 0 aliphatic carbocycles. The topological polar surface area (TPSA) is 130 Å². The van der Waals surface area contributed by atoms with Crippen LogP contribution in [0.3, 0.4) is 0 Å². The number of piperidine rings is 1. The van der Waals surface area contributed by atoms with Gasteiger partial charge in [0.1, 0.15) is 0 Å². The van der Waals surface area contributed by atoms with Crippen LogP contribution in [0.25, 0.3) is 10.9 Å². The predicted molar refractivity (Wildman–Crippen MR) is 137 cm³/mol. The minimum Gasteiger partial charge on any atom is -0.367 e. The number of benzene rings is 1. The molecule has 0 bridgehead atoms. The van der Waals surface area contributed by atoms with Crippen LogP contribution >= 0.6 is 0 Å². The van der Waals surface area contributed by atoms with Gasteiger partial charge in [-0.15, -0.1) is 0 Å². The van der Waals surface area contributed by atoms with Crippen LogP contribution < -0.4 is 15.1 Å². The molecule has 12 nitrogen and oxygen atoms in total. The Morgan fingerprint density at radius 2 is 1.84 bits per heavy atom. The number of anilines is 2. The largest absolute Gasteiger partial charge is 0.367 e. The van der Waals surface area contributed by atoms with E-state index in [1.165, 1.54) is 6.07 Å². The summed E-state index contributed by atoms with van der Waals surface area (Å²) in [5.41, 5.74) is 3.77. The van der Waals surface area contributed by atoms with Crippen molar-refractivity contribution in [2.45, 2.75) is 24.8 Å². The van der Waals surface area contributed by atoms with E-state index in [9.17, 15) is 19.7 Å². The van der Waals surface area contributed by atoms with E-state index in [4.69, 9.17) is 5.10 Å². The molecule has 1 aromatic carbocycles. The number of aromatic nitrogens is 3. The molecular formula is C25H28N8O4. The van der Waals surface area contributed by atoms with Gasteiger partial charge >= 0.3 is 5.82 Å². The first-order valence-corrected chi connectivity index (χ1v) is 12.5. The molecule has 3 aliphatic rings. The number of amides is 2. The number of hydrogen-bond donors (Lipinski definition) is 1. The van der Waals surface area contributed by atoms with Crippen LogP contribution in [0, 0.1) is 10.1 Å². The molecule has 0 saturated carbocycles. The number of para-hydroxylation sites is 1. The van der Waals surface area contributed by atoms with Crippen LogP contribution in [-0.2, 0) is 16.6 Å². The number of carbonyl (C=O) groups excluding carboxylic acids is 2. The predicted octanol–water partition coefficient (Wildman–Crippen LogP) is 1.41. The number of nitro groups is 1. The van der Waals surface area contributed by atoms with Crippen molar-refractivity contribution in [1.29, 1.82) is 0 Å². The van der Waals surface area contributed by atoms with Gasteiger partial charge in [-0.1, -0.05) is 12.1 Å². The molecule has 3 saturated heterocycles. The highest BCUT2D eigenvalue weighted by molar-refractivity contribution is 6.03. The Kier molecular flexibility index (Phi) is 5.75. The Bertz CT molecular complexity index is 1370. The lowest BCUT2D eigenvalue weighted by atomic mass is 9.92. The first kappa shape index (κ1) is 23.3. The van der Waals surface area contributed by atoms with Gasteiger partial charge in [-0.2, -0.15) is 5.10 Å².